The van der Waals surface area contributed by atoms with Crippen molar-refractivity contribution in [1.82, 2.24) is 15.1 Å². The number of rotatable bonds is 6. The molecule has 2 unspecified atom stereocenters. The number of carbonyl (C=O) groups excluding carboxylic acids is 1. The molecule has 0 spiro atoms. The van der Waals surface area contributed by atoms with E-state index in [1.165, 1.54) is 39.4 Å². The van der Waals surface area contributed by atoms with E-state index >= 15 is 0 Å². The zero-order valence-corrected chi connectivity index (χ0v) is 18.1. The van der Waals surface area contributed by atoms with Gasteiger partial charge >= 0.3 is 0 Å². The average Bonchev–Trinajstić information content (AvgIpc) is 3.39. The van der Waals surface area contributed by atoms with Gasteiger partial charge in [-0.05, 0) is 67.7 Å². The van der Waals surface area contributed by atoms with E-state index in [9.17, 15) is 4.79 Å². The first-order chi connectivity index (χ1) is 15.1. The van der Waals surface area contributed by atoms with Gasteiger partial charge in [0, 0.05) is 43.9 Å². The highest BCUT2D eigenvalue weighted by molar-refractivity contribution is 5.88. The molecule has 1 saturated carbocycles. The number of nitrogens with one attached hydrogen (secondary N) is 2. The number of amides is 1. The Balaban J connectivity index is 1.10. The third-order valence-corrected chi connectivity index (χ3v) is 7.01. The topological polar surface area (TPSA) is 70.2 Å². The third kappa shape index (κ3) is 4.79. The fourth-order valence-corrected chi connectivity index (χ4v) is 5.40. The van der Waals surface area contributed by atoms with Crippen LogP contribution in [0.5, 0.6) is 0 Å². The number of carbonyl (C=O) groups is 1. The van der Waals surface area contributed by atoms with Crippen molar-refractivity contribution in [3.8, 4) is 11.3 Å². The summed E-state index contributed by atoms with van der Waals surface area (Å²) in [5.74, 6) is 3.36. The smallest absolute Gasteiger partial charge is 0.221 e. The molecule has 1 aliphatic heterocycles. The normalized spacial score (nSPS) is 25.6. The molecule has 3 aliphatic rings. The Hall–Kier alpha value is -2.73. The van der Waals surface area contributed by atoms with Crippen LogP contribution in [0.1, 0.15) is 32.6 Å². The molecular formula is C25H31N5O. The second-order valence-electron chi connectivity index (χ2n) is 9.32. The van der Waals surface area contributed by atoms with E-state index in [0.717, 1.165) is 53.4 Å². The van der Waals surface area contributed by atoms with Crippen molar-refractivity contribution in [2.75, 3.05) is 30.3 Å². The monoisotopic (exact) mass is 417 g/mol. The standard InChI is InChI=1S/C25H31N5O/c1-17(31)26-22-6-4-19(5-7-22)24-8-9-25(29-28-24)27-23-10-12-30(13-11-23)16-21-15-18-2-3-20(21)14-18/h2-9,18,20-21,23H,10-16H2,1H3,(H,26,31)(H,27,29)/t18-,20?,21?/m0/s1. The highest BCUT2D eigenvalue weighted by Gasteiger charge is 2.36. The molecule has 2 aromatic rings. The molecule has 1 aromatic heterocycles. The highest BCUT2D eigenvalue weighted by Crippen LogP contribution is 2.43. The molecule has 1 amide bonds. The first-order valence-electron chi connectivity index (χ1n) is 11.5. The maximum Gasteiger partial charge on any atom is 0.221 e. The number of hydrogen-bond acceptors (Lipinski definition) is 5. The molecule has 2 heterocycles. The van der Waals surface area contributed by atoms with Gasteiger partial charge in [-0.1, -0.05) is 24.3 Å². The van der Waals surface area contributed by atoms with E-state index in [1.54, 1.807) is 0 Å². The van der Waals surface area contributed by atoms with E-state index < -0.39 is 0 Å². The molecule has 1 saturated heterocycles. The van der Waals surface area contributed by atoms with Crippen molar-refractivity contribution in [2.45, 2.75) is 38.6 Å². The van der Waals surface area contributed by atoms with Gasteiger partial charge in [-0.15, -0.1) is 10.2 Å². The summed E-state index contributed by atoms with van der Waals surface area (Å²) in [6.07, 6.45) is 10.0. The molecule has 6 nitrogen and oxygen atoms in total. The third-order valence-electron chi connectivity index (χ3n) is 7.01. The van der Waals surface area contributed by atoms with Gasteiger partial charge < -0.3 is 15.5 Å². The predicted octanol–water partition coefficient (Wildman–Crippen LogP) is 4.19. The summed E-state index contributed by atoms with van der Waals surface area (Å²) in [5.41, 5.74) is 2.59. The number of aromatic nitrogens is 2. The quantitative estimate of drug-likeness (QED) is 0.690. The predicted molar refractivity (Wildman–Crippen MR) is 124 cm³/mol. The Kier molecular flexibility index (Phi) is 5.72. The second kappa shape index (κ2) is 8.79. The van der Waals surface area contributed by atoms with Crippen molar-refractivity contribution in [1.29, 1.82) is 0 Å². The average molecular weight is 418 g/mol. The van der Waals surface area contributed by atoms with Crippen LogP contribution in [0, 0.1) is 17.8 Å². The number of hydrogen-bond donors (Lipinski definition) is 2. The van der Waals surface area contributed by atoms with Crippen molar-refractivity contribution in [2.24, 2.45) is 17.8 Å². The first-order valence-corrected chi connectivity index (χ1v) is 11.5. The van der Waals surface area contributed by atoms with Crippen molar-refractivity contribution < 1.29 is 4.79 Å². The summed E-state index contributed by atoms with van der Waals surface area (Å²) in [7, 11) is 0. The lowest BCUT2D eigenvalue weighted by molar-refractivity contribution is -0.114. The van der Waals surface area contributed by atoms with E-state index in [-0.39, 0.29) is 5.91 Å². The zero-order valence-electron chi connectivity index (χ0n) is 18.1. The van der Waals surface area contributed by atoms with Gasteiger partial charge in [0.25, 0.3) is 0 Å². The second-order valence-corrected chi connectivity index (χ2v) is 9.32. The molecular weight excluding hydrogens is 386 g/mol. The van der Waals surface area contributed by atoms with Gasteiger partial charge in [0.2, 0.25) is 5.91 Å². The molecule has 2 N–H and O–H groups in total. The molecule has 162 valence electrons. The molecule has 0 radical (unpaired) electrons. The molecule has 2 fully saturated rings. The number of anilines is 2. The number of nitrogens with zero attached hydrogens (tertiary/aromatic N) is 3. The van der Waals surface area contributed by atoms with Gasteiger partial charge in [-0.2, -0.15) is 0 Å². The van der Waals surface area contributed by atoms with Crippen molar-refractivity contribution in [3.05, 3.63) is 48.6 Å². The lowest BCUT2D eigenvalue weighted by Crippen LogP contribution is -2.42. The maximum atomic E-state index is 11.1. The van der Waals surface area contributed by atoms with Crippen LogP contribution in [0.25, 0.3) is 11.3 Å². The summed E-state index contributed by atoms with van der Waals surface area (Å²) >= 11 is 0. The van der Waals surface area contributed by atoms with Crippen LogP contribution < -0.4 is 10.6 Å². The minimum Gasteiger partial charge on any atom is -0.366 e. The lowest BCUT2D eigenvalue weighted by atomic mass is 9.92. The summed E-state index contributed by atoms with van der Waals surface area (Å²) in [6.45, 7) is 5.11. The fraction of sp³-hybridized carbons (Fsp3) is 0.480. The van der Waals surface area contributed by atoms with Crippen LogP contribution in [0.2, 0.25) is 0 Å². The molecule has 3 atom stereocenters. The molecule has 1 aromatic carbocycles. The molecule has 31 heavy (non-hydrogen) atoms. The number of benzene rings is 1. The summed E-state index contributed by atoms with van der Waals surface area (Å²) in [4.78, 5) is 13.8. The Morgan fingerprint density at radius 2 is 1.84 bits per heavy atom. The van der Waals surface area contributed by atoms with Crippen molar-refractivity contribution >= 4 is 17.4 Å². The van der Waals surface area contributed by atoms with Crippen molar-refractivity contribution in [3.63, 3.8) is 0 Å². The number of piperidine rings is 1. The summed E-state index contributed by atoms with van der Waals surface area (Å²) < 4.78 is 0. The minimum atomic E-state index is -0.0727. The van der Waals surface area contributed by atoms with Crippen LogP contribution >= 0.6 is 0 Å². The van der Waals surface area contributed by atoms with Crippen LogP contribution in [0.3, 0.4) is 0 Å². The van der Waals surface area contributed by atoms with Crippen LogP contribution in [0.15, 0.2) is 48.6 Å². The SMILES string of the molecule is CC(=O)Nc1ccc(-c2ccc(NC3CCN(CC4C[C@H]5C=CC4C5)CC3)nn2)cc1. The fourth-order valence-electron chi connectivity index (χ4n) is 5.40. The van der Waals surface area contributed by atoms with Gasteiger partial charge in [0.05, 0.1) is 5.69 Å². The first kappa shape index (κ1) is 20.2. The van der Waals surface area contributed by atoms with E-state index in [2.05, 4.69) is 37.9 Å². The van der Waals surface area contributed by atoms with Gasteiger partial charge in [0.1, 0.15) is 5.82 Å². The minimum absolute atomic E-state index is 0.0727. The Bertz CT molecular complexity index is 931. The highest BCUT2D eigenvalue weighted by atomic mass is 16.1. The van der Waals surface area contributed by atoms with Crippen LogP contribution in [-0.4, -0.2) is 46.7 Å². The zero-order chi connectivity index (χ0) is 21.2. The van der Waals surface area contributed by atoms with Crippen LogP contribution in [-0.2, 0) is 4.79 Å². The molecule has 2 bridgehead atoms. The maximum absolute atomic E-state index is 11.1. The van der Waals surface area contributed by atoms with Gasteiger partial charge in [-0.3, -0.25) is 4.79 Å². The Morgan fingerprint density at radius 1 is 1.03 bits per heavy atom. The van der Waals surface area contributed by atoms with E-state index in [1.807, 2.05) is 36.4 Å². The largest absolute Gasteiger partial charge is 0.366 e. The number of likely N-dealkylation sites (tertiary alicyclic amines) is 1. The van der Waals surface area contributed by atoms with Gasteiger partial charge in [0.15, 0.2) is 0 Å². The van der Waals surface area contributed by atoms with Crippen LogP contribution in [0.4, 0.5) is 11.5 Å². The van der Waals surface area contributed by atoms with Gasteiger partial charge in [-0.25, -0.2) is 0 Å². The lowest BCUT2D eigenvalue weighted by Gasteiger charge is -2.35. The van der Waals surface area contributed by atoms with E-state index in [0.29, 0.717) is 6.04 Å². The van der Waals surface area contributed by atoms with E-state index in [4.69, 9.17) is 0 Å². The molecule has 6 heteroatoms. The Morgan fingerprint density at radius 3 is 2.45 bits per heavy atom. The summed E-state index contributed by atoms with van der Waals surface area (Å²) in [6, 6.07) is 12.1. The molecule has 5 rings (SSSR count). The number of allylic oxidation sites excluding steroid dienone is 2. The number of fused-ring (bicyclic) bond motifs is 2. The Labute approximate surface area is 184 Å². The molecule has 2 aliphatic carbocycles. The summed E-state index contributed by atoms with van der Waals surface area (Å²) in [5, 5.41) is 15.1.